The lowest BCUT2D eigenvalue weighted by atomic mass is 10.2. The average molecular weight is 168 g/mol. The van der Waals surface area contributed by atoms with E-state index in [9.17, 15) is 0 Å². The van der Waals surface area contributed by atoms with Gasteiger partial charge in [0, 0.05) is 18.8 Å². The van der Waals surface area contributed by atoms with Gasteiger partial charge >= 0.3 is 0 Å². The standard InChI is InChI=1S/C8H16N4/c1-7(10)8-5-11-6-12(8)4-2-3-9/h5-7H,2-4,9-10H2,1H3/t7-/m0/s1. The average Bonchev–Trinajstić information content (AvgIpc) is 2.48. The molecule has 1 atom stereocenters. The van der Waals surface area contributed by atoms with Crippen LogP contribution in [0.15, 0.2) is 12.5 Å². The second-order valence-electron chi connectivity index (χ2n) is 2.94. The minimum Gasteiger partial charge on any atom is -0.333 e. The van der Waals surface area contributed by atoms with Crippen LogP contribution in [-0.2, 0) is 6.54 Å². The third kappa shape index (κ3) is 2.06. The third-order valence-electron chi connectivity index (χ3n) is 1.81. The molecule has 0 saturated carbocycles. The van der Waals surface area contributed by atoms with Crippen molar-refractivity contribution >= 4 is 0 Å². The van der Waals surface area contributed by atoms with Gasteiger partial charge in [-0.25, -0.2) is 4.98 Å². The van der Waals surface area contributed by atoms with Crippen molar-refractivity contribution in [1.82, 2.24) is 9.55 Å². The van der Waals surface area contributed by atoms with E-state index in [1.807, 2.05) is 6.92 Å². The molecule has 0 aliphatic carbocycles. The molecular formula is C8H16N4. The number of rotatable bonds is 4. The molecule has 0 spiro atoms. The molecule has 0 aromatic carbocycles. The normalized spacial score (nSPS) is 13.2. The Bertz CT molecular complexity index is 229. The van der Waals surface area contributed by atoms with Crippen LogP contribution in [0.1, 0.15) is 25.1 Å². The predicted molar refractivity (Wildman–Crippen MR) is 48.5 cm³/mol. The second-order valence-corrected chi connectivity index (χ2v) is 2.94. The largest absolute Gasteiger partial charge is 0.333 e. The summed E-state index contributed by atoms with van der Waals surface area (Å²) in [4.78, 5) is 4.04. The van der Waals surface area contributed by atoms with Crippen LogP contribution in [0.5, 0.6) is 0 Å². The lowest BCUT2D eigenvalue weighted by Crippen LogP contribution is -2.13. The highest BCUT2D eigenvalue weighted by Crippen LogP contribution is 2.08. The van der Waals surface area contributed by atoms with Crippen molar-refractivity contribution in [2.75, 3.05) is 6.54 Å². The Morgan fingerprint density at radius 3 is 3.00 bits per heavy atom. The van der Waals surface area contributed by atoms with Crippen molar-refractivity contribution in [3.63, 3.8) is 0 Å². The fourth-order valence-corrected chi connectivity index (χ4v) is 1.16. The number of hydrogen-bond acceptors (Lipinski definition) is 3. The van der Waals surface area contributed by atoms with Gasteiger partial charge in [-0.15, -0.1) is 0 Å². The number of aromatic nitrogens is 2. The van der Waals surface area contributed by atoms with Crippen LogP contribution >= 0.6 is 0 Å². The van der Waals surface area contributed by atoms with Gasteiger partial charge in [-0.1, -0.05) is 0 Å². The summed E-state index contributed by atoms with van der Waals surface area (Å²) in [6.45, 7) is 3.57. The molecule has 12 heavy (non-hydrogen) atoms. The van der Waals surface area contributed by atoms with E-state index in [0.717, 1.165) is 18.7 Å². The van der Waals surface area contributed by atoms with Crippen LogP contribution < -0.4 is 11.5 Å². The molecule has 0 aliphatic rings. The van der Waals surface area contributed by atoms with Gasteiger partial charge in [0.15, 0.2) is 0 Å². The van der Waals surface area contributed by atoms with Crippen molar-refractivity contribution in [3.05, 3.63) is 18.2 Å². The topological polar surface area (TPSA) is 69.9 Å². The van der Waals surface area contributed by atoms with E-state index in [2.05, 4.69) is 9.55 Å². The summed E-state index contributed by atoms with van der Waals surface area (Å²) in [5, 5.41) is 0. The van der Waals surface area contributed by atoms with E-state index >= 15 is 0 Å². The van der Waals surface area contributed by atoms with Crippen molar-refractivity contribution in [2.24, 2.45) is 11.5 Å². The summed E-state index contributed by atoms with van der Waals surface area (Å²) in [5.41, 5.74) is 12.2. The Morgan fingerprint density at radius 1 is 1.67 bits per heavy atom. The molecule has 0 amide bonds. The summed E-state index contributed by atoms with van der Waals surface area (Å²) in [6, 6.07) is 0.0466. The molecule has 0 aliphatic heterocycles. The highest BCUT2D eigenvalue weighted by molar-refractivity contribution is 5.02. The van der Waals surface area contributed by atoms with E-state index in [1.54, 1.807) is 12.5 Å². The minimum absolute atomic E-state index is 0.0466. The molecule has 68 valence electrons. The first-order chi connectivity index (χ1) is 5.75. The van der Waals surface area contributed by atoms with Crippen LogP contribution in [0.4, 0.5) is 0 Å². The Labute approximate surface area is 72.6 Å². The Kier molecular flexibility index (Phi) is 3.25. The van der Waals surface area contributed by atoms with Crippen molar-refractivity contribution in [1.29, 1.82) is 0 Å². The lowest BCUT2D eigenvalue weighted by molar-refractivity contribution is 0.598. The predicted octanol–water partition coefficient (Wildman–Crippen LogP) is 0.252. The molecule has 0 fully saturated rings. The van der Waals surface area contributed by atoms with Gasteiger partial charge < -0.3 is 16.0 Å². The van der Waals surface area contributed by atoms with E-state index in [1.165, 1.54) is 0 Å². The SMILES string of the molecule is C[C@H](N)c1cncn1CCCN. The summed E-state index contributed by atoms with van der Waals surface area (Å²) in [6.07, 6.45) is 4.58. The smallest absolute Gasteiger partial charge is 0.0948 e. The molecule has 4 heteroatoms. The highest BCUT2D eigenvalue weighted by atomic mass is 15.1. The van der Waals surface area contributed by atoms with Crippen molar-refractivity contribution < 1.29 is 0 Å². The molecule has 0 saturated heterocycles. The fraction of sp³-hybridized carbons (Fsp3) is 0.625. The first kappa shape index (κ1) is 9.22. The third-order valence-corrected chi connectivity index (χ3v) is 1.81. The van der Waals surface area contributed by atoms with Crippen molar-refractivity contribution in [3.8, 4) is 0 Å². The first-order valence-electron chi connectivity index (χ1n) is 4.21. The fourth-order valence-electron chi connectivity index (χ4n) is 1.16. The second kappa shape index (κ2) is 4.23. The van der Waals surface area contributed by atoms with E-state index < -0.39 is 0 Å². The molecule has 1 rings (SSSR count). The number of nitrogens with zero attached hydrogens (tertiary/aromatic N) is 2. The van der Waals surface area contributed by atoms with Gasteiger partial charge in [-0.05, 0) is 19.9 Å². The summed E-state index contributed by atoms with van der Waals surface area (Å²) in [5.74, 6) is 0. The number of hydrogen-bond donors (Lipinski definition) is 2. The van der Waals surface area contributed by atoms with E-state index in [-0.39, 0.29) is 6.04 Å². The molecule has 0 radical (unpaired) electrons. The Morgan fingerprint density at radius 2 is 2.42 bits per heavy atom. The zero-order valence-electron chi connectivity index (χ0n) is 7.40. The molecule has 1 heterocycles. The zero-order valence-corrected chi connectivity index (χ0v) is 7.40. The molecule has 0 bridgehead atoms. The number of aryl methyl sites for hydroxylation is 1. The van der Waals surface area contributed by atoms with Gasteiger partial charge in [0.25, 0.3) is 0 Å². The van der Waals surface area contributed by atoms with Gasteiger partial charge in [0.2, 0.25) is 0 Å². The zero-order chi connectivity index (χ0) is 8.97. The van der Waals surface area contributed by atoms with Crippen LogP contribution in [0, 0.1) is 0 Å². The molecule has 0 unspecified atom stereocenters. The summed E-state index contributed by atoms with van der Waals surface area (Å²) in [7, 11) is 0. The number of imidazole rings is 1. The summed E-state index contributed by atoms with van der Waals surface area (Å²) >= 11 is 0. The maximum atomic E-state index is 5.74. The Hall–Kier alpha value is -0.870. The van der Waals surface area contributed by atoms with E-state index in [4.69, 9.17) is 11.5 Å². The molecular weight excluding hydrogens is 152 g/mol. The highest BCUT2D eigenvalue weighted by Gasteiger charge is 2.04. The molecule has 4 N–H and O–H groups in total. The monoisotopic (exact) mass is 168 g/mol. The van der Waals surface area contributed by atoms with Crippen molar-refractivity contribution in [2.45, 2.75) is 25.9 Å². The van der Waals surface area contributed by atoms with Crippen LogP contribution in [0.25, 0.3) is 0 Å². The van der Waals surface area contributed by atoms with Gasteiger partial charge in [0.1, 0.15) is 0 Å². The van der Waals surface area contributed by atoms with Gasteiger partial charge in [-0.3, -0.25) is 0 Å². The van der Waals surface area contributed by atoms with Crippen LogP contribution in [0.3, 0.4) is 0 Å². The molecule has 1 aromatic heterocycles. The maximum Gasteiger partial charge on any atom is 0.0948 e. The quantitative estimate of drug-likeness (QED) is 0.677. The molecule has 4 nitrogen and oxygen atoms in total. The summed E-state index contributed by atoms with van der Waals surface area (Å²) < 4.78 is 2.05. The van der Waals surface area contributed by atoms with Gasteiger partial charge in [-0.2, -0.15) is 0 Å². The van der Waals surface area contributed by atoms with Crippen LogP contribution in [0.2, 0.25) is 0 Å². The van der Waals surface area contributed by atoms with Gasteiger partial charge in [0.05, 0.1) is 12.0 Å². The minimum atomic E-state index is 0.0466. The van der Waals surface area contributed by atoms with Crippen LogP contribution in [-0.4, -0.2) is 16.1 Å². The maximum absolute atomic E-state index is 5.74. The molecule has 1 aromatic rings. The first-order valence-corrected chi connectivity index (χ1v) is 4.21. The number of nitrogens with two attached hydrogens (primary N) is 2. The lowest BCUT2D eigenvalue weighted by Gasteiger charge is -2.09. The van der Waals surface area contributed by atoms with E-state index in [0.29, 0.717) is 6.54 Å². The Balaban J connectivity index is 2.64.